The van der Waals surface area contributed by atoms with Gasteiger partial charge in [-0.2, -0.15) is 0 Å². The fourth-order valence-electron chi connectivity index (χ4n) is 4.65. The van der Waals surface area contributed by atoms with Crippen LogP contribution in [0.2, 0.25) is 0 Å². The fraction of sp³-hybridized carbons (Fsp3) is 0.944. The standard InChI is InChI=1S/C18H31NO5/c1-16(2,3)24-15(21)19-9-4-5-17(8-10-20)6-7-18(13-14(17)19)22-11-12-23-18/h14,20H,4-13H2,1-3H3/t14-,17+/m0/s1. The van der Waals surface area contributed by atoms with E-state index in [9.17, 15) is 9.90 Å². The monoisotopic (exact) mass is 341 g/mol. The summed E-state index contributed by atoms with van der Waals surface area (Å²) in [7, 11) is 0. The van der Waals surface area contributed by atoms with Crippen LogP contribution >= 0.6 is 0 Å². The molecule has 6 heteroatoms. The summed E-state index contributed by atoms with van der Waals surface area (Å²) >= 11 is 0. The van der Waals surface area contributed by atoms with Gasteiger partial charge >= 0.3 is 6.09 Å². The van der Waals surface area contributed by atoms with Crippen LogP contribution in [0.15, 0.2) is 0 Å². The van der Waals surface area contributed by atoms with Crippen molar-refractivity contribution in [3.8, 4) is 0 Å². The lowest BCUT2D eigenvalue weighted by Gasteiger charge is -2.55. The van der Waals surface area contributed by atoms with E-state index in [0.717, 1.165) is 25.7 Å². The third-order valence-electron chi connectivity index (χ3n) is 5.72. The van der Waals surface area contributed by atoms with Crippen LogP contribution in [0.25, 0.3) is 0 Å². The summed E-state index contributed by atoms with van der Waals surface area (Å²) in [5, 5.41) is 9.62. The van der Waals surface area contributed by atoms with Crippen molar-refractivity contribution in [2.75, 3.05) is 26.4 Å². The van der Waals surface area contributed by atoms with E-state index in [1.54, 1.807) is 0 Å². The van der Waals surface area contributed by atoms with Crippen LogP contribution in [0.5, 0.6) is 0 Å². The highest BCUT2D eigenvalue weighted by Crippen LogP contribution is 2.53. The smallest absolute Gasteiger partial charge is 0.410 e. The summed E-state index contributed by atoms with van der Waals surface area (Å²) < 4.78 is 17.5. The second-order valence-corrected chi connectivity index (χ2v) is 8.44. The first-order chi connectivity index (χ1) is 11.3. The van der Waals surface area contributed by atoms with E-state index in [1.165, 1.54) is 0 Å². The van der Waals surface area contributed by atoms with E-state index >= 15 is 0 Å². The molecule has 0 aromatic heterocycles. The number of amides is 1. The summed E-state index contributed by atoms with van der Waals surface area (Å²) in [5.41, 5.74) is -0.564. The van der Waals surface area contributed by atoms with E-state index in [0.29, 0.717) is 32.6 Å². The molecule has 1 N–H and O–H groups in total. The molecule has 3 fully saturated rings. The summed E-state index contributed by atoms with van der Waals surface area (Å²) in [6.45, 7) is 7.75. The Morgan fingerprint density at radius 2 is 1.96 bits per heavy atom. The first-order valence-electron chi connectivity index (χ1n) is 9.18. The lowest BCUT2D eigenvalue weighted by molar-refractivity contribution is -0.216. The molecule has 0 aromatic carbocycles. The van der Waals surface area contributed by atoms with E-state index in [2.05, 4.69) is 0 Å². The van der Waals surface area contributed by atoms with Gasteiger partial charge < -0.3 is 24.2 Å². The van der Waals surface area contributed by atoms with Gasteiger partial charge in [0.1, 0.15) is 5.60 Å². The van der Waals surface area contributed by atoms with Gasteiger partial charge in [-0.1, -0.05) is 0 Å². The molecule has 3 aliphatic rings. The fourth-order valence-corrected chi connectivity index (χ4v) is 4.65. The lowest BCUT2D eigenvalue weighted by Crippen LogP contribution is -2.61. The van der Waals surface area contributed by atoms with Gasteiger partial charge in [-0.25, -0.2) is 4.79 Å². The van der Waals surface area contributed by atoms with Gasteiger partial charge in [-0.3, -0.25) is 0 Å². The van der Waals surface area contributed by atoms with Crippen molar-refractivity contribution in [2.24, 2.45) is 5.41 Å². The minimum absolute atomic E-state index is 0.0000926. The molecule has 2 aliphatic heterocycles. The number of fused-ring (bicyclic) bond motifs is 1. The van der Waals surface area contributed by atoms with Crippen LogP contribution < -0.4 is 0 Å². The van der Waals surface area contributed by atoms with Crippen LogP contribution in [0.1, 0.15) is 59.3 Å². The first-order valence-corrected chi connectivity index (χ1v) is 9.18. The summed E-state index contributed by atoms with van der Waals surface area (Å²) in [6, 6.07) is 0.0000926. The summed E-state index contributed by atoms with van der Waals surface area (Å²) in [5.74, 6) is -0.554. The quantitative estimate of drug-likeness (QED) is 0.836. The Bertz CT molecular complexity index is 465. The molecular weight excluding hydrogens is 310 g/mol. The molecule has 1 amide bonds. The van der Waals surface area contributed by atoms with Crippen molar-refractivity contribution in [1.29, 1.82) is 0 Å². The Hall–Kier alpha value is -0.850. The molecule has 0 bridgehead atoms. The highest BCUT2D eigenvalue weighted by atomic mass is 16.7. The van der Waals surface area contributed by atoms with E-state index in [-0.39, 0.29) is 24.2 Å². The number of rotatable bonds is 2. The molecule has 0 radical (unpaired) electrons. The maximum Gasteiger partial charge on any atom is 0.410 e. The maximum absolute atomic E-state index is 12.8. The molecule has 0 aromatic rings. The third kappa shape index (κ3) is 3.41. The SMILES string of the molecule is CC(C)(C)OC(=O)N1CCC[C@]2(CCO)CCC3(C[C@H]12)OCCO3. The van der Waals surface area contributed by atoms with Crippen LogP contribution in [0, 0.1) is 5.41 Å². The molecule has 2 saturated heterocycles. The average molecular weight is 341 g/mol. The molecule has 1 saturated carbocycles. The van der Waals surface area contributed by atoms with Gasteiger partial charge in [-0.05, 0) is 51.9 Å². The molecule has 2 atom stereocenters. The number of likely N-dealkylation sites (tertiary alicyclic amines) is 1. The van der Waals surface area contributed by atoms with Crippen molar-refractivity contribution in [2.45, 2.75) is 76.7 Å². The number of ether oxygens (including phenoxy) is 3. The van der Waals surface area contributed by atoms with Crippen LogP contribution in [0.3, 0.4) is 0 Å². The van der Waals surface area contributed by atoms with Gasteiger partial charge in [0.25, 0.3) is 0 Å². The largest absolute Gasteiger partial charge is 0.444 e. The molecular formula is C18H31NO5. The van der Waals surface area contributed by atoms with Crippen molar-refractivity contribution < 1.29 is 24.1 Å². The van der Waals surface area contributed by atoms with E-state index < -0.39 is 11.4 Å². The molecule has 1 spiro atoms. The molecule has 6 nitrogen and oxygen atoms in total. The Morgan fingerprint density at radius 3 is 2.58 bits per heavy atom. The van der Waals surface area contributed by atoms with Gasteiger partial charge in [0.05, 0.1) is 13.2 Å². The van der Waals surface area contributed by atoms with E-state index in [1.807, 2.05) is 25.7 Å². The topological polar surface area (TPSA) is 68.2 Å². The van der Waals surface area contributed by atoms with Gasteiger partial charge in [-0.15, -0.1) is 0 Å². The Labute approximate surface area is 144 Å². The lowest BCUT2D eigenvalue weighted by atomic mass is 9.62. The number of piperidine rings is 1. The van der Waals surface area contributed by atoms with Gasteiger partial charge in [0.2, 0.25) is 0 Å². The van der Waals surface area contributed by atoms with Gasteiger partial charge in [0.15, 0.2) is 5.79 Å². The number of aliphatic hydroxyl groups is 1. The molecule has 3 rings (SSSR count). The van der Waals surface area contributed by atoms with Crippen molar-refractivity contribution >= 4 is 6.09 Å². The van der Waals surface area contributed by atoms with Crippen molar-refractivity contribution in [3.05, 3.63) is 0 Å². The molecule has 0 unspecified atom stereocenters. The highest BCUT2D eigenvalue weighted by molar-refractivity contribution is 5.69. The minimum Gasteiger partial charge on any atom is -0.444 e. The predicted octanol–water partition coefficient (Wildman–Crippen LogP) is 2.68. The normalized spacial score (nSPS) is 32.7. The second kappa shape index (κ2) is 6.46. The highest BCUT2D eigenvalue weighted by Gasteiger charge is 2.56. The summed E-state index contributed by atoms with van der Waals surface area (Å²) in [6.07, 6.45) is 4.87. The van der Waals surface area contributed by atoms with Crippen LogP contribution in [0.4, 0.5) is 4.79 Å². The van der Waals surface area contributed by atoms with Crippen LogP contribution in [-0.2, 0) is 14.2 Å². The van der Waals surface area contributed by atoms with E-state index in [4.69, 9.17) is 14.2 Å². The van der Waals surface area contributed by atoms with Crippen LogP contribution in [-0.4, -0.2) is 59.9 Å². The number of nitrogens with zero attached hydrogens (tertiary/aromatic N) is 1. The summed E-state index contributed by atoms with van der Waals surface area (Å²) in [4.78, 5) is 14.6. The number of aliphatic hydroxyl groups excluding tert-OH is 1. The Morgan fingerprint density at radius 1 is 1.25 bits per heavy atom. The third-order valence-corrected chi connectivity index (χ3v) is 5.72. The first kappa shape index (κ1) is 18.0. The zero-order valence-corrected chi connectivity index (χ0v) is 15.2. The minimum atomic E-state index is -0.554. The second-order valence-electron chi connectivity index (χ2n) is 8.44. The number of carbonyl (C=O) groups is 1. The number of carbonyl (C=O) groups excluding carboxylic acids is 1. The average Bonchev–Trinajstić information content (AvgIpc) is 2.94. The molecule has 1 aliphatic carbocycles. The number of hydrogen-bond donors (Lipinski definition) is 1. The molecule has 2 heterocycles. The molecule has 24 heavy (non-hydrogen) atoms. The van der Waals surface area contributed by atoms with Crippen molar-refractivity contribution in [1.82, 2.24) is 4.90 Å². The maximum atomic E-state index is 12.8. The Balaban J connectivity index is 1.84. The zero-order chi connectivity index (χ0) is 17.4. The van der Waals surface area contributed by atoms with Gasteiger partial charge in [0, 0.05) is 32.0 Å². The molecule has 138 valence electrons. The Kier molecular flexibility index (Phi) is 4.84. The number of hydrogen-bond acceptors (Lipinski definition) is 5. The predicted molar refractivity (Wildman–Crippen MR) is 88.6 cm³/mol. The van der Waals surface area contributed by atoms with Crippen molar-refractivity contribution in [3.63, 3.8) is 0 Å². The zero-order valence-electron chi connectivity index (χ0n) is 15.2.